The van der Waals surface area contributed by atoms with Gasteiger partial charge in [0.1, 0.15) is 36.5 Å². The van der Waals surface area contributed by atoms with Crippen LogP contribution in [0.25, 0.3) is 32.8 Å². The van der Waals surface area contributed by atoms with Crippen LogP contribution in [0.5, 0.6) is 11.8 Å². The second-order valence-electron chi connectivity index (χ2n) is 12.8. The summed E-state index contributed by atoms with van der Waals surface area (Å²) in [6.07, 6.45) is 7.60. The summed E-state index contributed by atoms with van der Waals surface area (Å²) < 4.78 is 75.7. The van der Waals surface area contributed by atoms with Crippen molar-refractivity contribution in [2.24, 2.45) is 0 Å². The molecule has 4 aliphatic heterocycles. The molecule has 238 valence electrons. The van der Waals surface area contributed by atoms with E-state index < -0.39 is 34.7 Å². The van der Waals surface area contributed by atoms with Crippen LogP contribution in [0, 0.1) is 29.8 Å². The van der Waals surface area contributed by atoms with Gasteiger partial charge in [-0.15, -0.1) is 6.42 Å². The minimum Gasteiger partial charge on any atom is -0.487 e. The number of halogens is 4. The van der Waals surface area contributed by atoms with Crippen LogP contribution in [0.3, 0.4) is 0 Å². The van der Waals surface area contributed by atoms with Gasteiger partial charge in [0.25, 0.3) is 0 Å². The largest absolute Gasteiger partial charge is 0.487 e. The van der Waals surface area contributed by atoms with E-state index in [9.17, 15) is 8.78 Å². The first kappa shape index (κ1) is 29.3. The maximum Gasteiger partial charge on any atom is 0.319 e. The Morgan fingerprint density at radius 3 is 2.83 bits per heavy atom. The molecule has 11 heteroatoms. The molecule has 3 fully saturated rings. The molecular formula is C35H33F4N5O2. The fourth-order valence-corrected chi connectivity index (χ4v) is 8.17. The van der Waals surface area contributed by atoms with Crippen LogP contribution >= 0.6 is 0 Å². The Kier molecular flexibility index (Phi) is 6.99. The zero-order valence-corrected chi connectivity index (χ0v) is 25.4. The monoisotopic (exact) mass is 631 g/mol. The van der Waals surface area contributed by atoms with Crippen LogP contribution in [-0.4, -0.2) is 78.1 Å². The summed E-state index contributed by atoms with van der Waals surface area (Å²) in [5, 5.41) is 4.35. The van der Waals surface area contributed by atoms with E-state index >= 15 is 8.78 Å². The average Bonchev–Trinajstić information content (AvgIpc) is 3.53. The minimum atomic E-state index is -0.959. The second-order valence-corrected chi connectivity index (χ2v) is 12.8. The van der Waals surface area contributed by atoms with Crippen molar-refractivity contribution >= 4 is 27.5 Å². The summed E-state index contributed by atoms with van der Waals surface area (Å²) in [5.74, 6) is -0.0604. The number of piperazine rings is 1. The van der Waals surface area contributed by atoms with Gasteiger partial charge in [-0.2, -0.15) is 9.97 Å². The maximum absolute atomic E-state index is 17.0. The average molecular weight is 632 g/mol. The van der Waals surface area contributed by atoms with E-state index in [0.29, 0.717) is 37.3 Å². The summed E-state index contributed by atoms with van der Waals surface area (Å²) in [4.78, 5) is 13.4. The van der Waals surface area contributed by atoms with Gasteiger partial charge in [0.2, 0.25) is 0 Å². The highest BCUT2D eigenvalue weighted by Gasteiger charge is 2.49. The second kappa shape index (κ2) is 11.0. The molecule has 4 atom stereocenters. The molecule has 8 rings (SSSR count). The third kappa shape index (κ3) is 4.33. The minimum absolute atomic E-state index is 0.00923. The van der Waals surface area contributed by atoms with E-state index in [1.807, 2.05) is 4.90 Å². The maximum atomic E-state index is 17.0. The number of aromatic nitrogens is 2. The van der Waals surface area contributed by atoms with Crippen LogP contribution in [0.4, 0.5) is 23.4 Å². The van der Waals surface area contributed by atoms with Crippen molar-refractivity contribution in [1.29, 1.82) is 0 Å². The van der Waals surface area contributed by atoms with Crippen LogP contribution < -0.4 is 19.7 Å². The van der Waals surface area contributed by atoms with Gasteiger partial charge in [-0.05, 0) is 42.8 Å². The fraction of sp³-hybridized carbons (Fsp3) is 0.429. The van der Waals surface area contributed by atoms with Gasteiger partial charge in [-0.1, -0.05) is 37.1 Å². The van der Waals surface area contributed by atoms with E-state index in [4.69, 9.17) is 20.9 Å². The Balaban J connectivity index is 1.35. The number of hydrogen-bond acceptors (Lipinski definition) is 7. The number of fused-ring (bicyclic) bond motifs is 4. The van der Waals surface area contributed by atoms with E-state index in [1.165, 1.54) is 18.2 Å². The number of benzene rings is 3. The van der Waals surface area contributed by atoms with Gasteiger partial charge in [-0.25, -0.2) is 17.6 Å². The number of ether oxygens (including phenoxy) is 2. The Bertz CT molecular complexity index is 1930. The lowest BCUT2D eigenvalue weighted by Crippen LogP contribution is -2.60. The van der Waals surface area contributed by atoms with Crippen molar-refractivity contribution in [1.82, 2.24) is 20.2 Å². The predicted molar refractivity (Wildman–Crippen MR) is 168 cm³/mol. The number of nitrogens with zero attached hydrogens (tertiary/aromatic N) is 4. The van der Waals surface area contributed by atoms with Gasteiger partial charge >= 0.3 is 6.01 Å². The summed E-state index contributed by atoms with van der Waals surface area (Å²) in [5.41, 5.74) is -1.09. The molecule has 3 aromatic carbocycles. The zero-order valence-electron chi connectivity index (χ0n) is 25.4. The molecule has 0 unspecified atom stereocenters. The fourth-order valence-electron chi connectivity index (χ4n) is 8.17. The van der Waals surface area contributed by atoms with Gasteiger partial charge in [0, 0.05) is 37.5 Å². The third-order valence-electron chi connectivity index (χ3n) is 10.3. The Labute approximate surface area is 263 Å². The van der Waals surface area contributed by atoms with Crippen molar-refractivity contribution in [2.75, 3.05) is 44.3 Å². The van der Waals surface area contributed by atoms with E-state index in [-0.39, 0.29) is 64.5 Å². The van der Waals surface area contributed by atoms with Crippen LogP contribution in [-0.2, 0) is 0 Å². The number of alkyl halides is 1. The quantitative estimate of drug-likeness (QED) is 0.222. The Hall–Kier alpha value is -4.14. The summed E-state index contributed by atoms with van der Waals surface area (Å²) in [6.45, 7) is 4.63. The van der Waals surface area contributed by atoms with Crippen molar-refractivity contribution < 1.29 is 27.0 Å². The lowest BCUT2D eigenvalue weighted by atomic mass is 9.92. The highest BCUT2D eigenvalue weighted by Crippen LogP contribution is 2.47. The number of anilines is 1. The molecule has 46 heavy (non-hydrogen) atoms. The first-order chi connectivity index (χ1) is 22.3. The molecule has 4 aliphatic rings. The first-order valence-electron chi connectivity index (χ1n) is 15.9. The highest BCUT2D eigenvalue weighted by molar-refractivity contribution is 6.05. The van der Waals surface area contributed by atoms with Crippen molar-refractivity contribution in [2.45, 2.75) is 56.4 Å². The number of rotatable bonds is 5. The summed E-state index contributed by atoms with van der Waals surface area (Å²) >= 11 is 0. The topological polar surface area (TPSA) is 62.8 Å². The van der Waals surface area contributed by atoms with E-state index in [2.05, 4.69) is 28.0 Å². The standard InChI is InChI=1S/C35H33F4N5O2/c1-3-21-23(37)10-9-19-7-5-8-22(26(19)21)27-29(38)31-28-32(30(27)39)45-17-25-24(4-2)40-12-14-44(25)33(28)42-34(41-31)46-18-35-11-6-13-43(35)16-20(36)15-35/h1,5,7-10,20,24-25,40H,4,6,11-18H2,2H3/t20-,24+,25-,35+/m1/s1. The van der Waals surface area contributed by atoms with Gasteiger partial charge in [0.05, 0.1) is 28.1 Å². The zero-order chi connectivity index (χ0) is 31.7. The molecule has 0 spiro atoms. The number of nitrogens with one attached hydrogen (secondary N) is 1. The third-order valence-corrected chi connectivity index (χ3v) is 10.3. The normalized spacial score (nSPS) is 25.7. The molecule has 0 amide bonds. The Morgan fingerprint density at radius 1 is 1.13 bits per heavy atom. The molecule has 1 N–H and O–H groups in total. The number of terminal acetylenes is 1. The summed E-state index contributed by atoms with van der Waals surface area (Å²) in [6, 6.07) is 7.33. The van der Waals surface area contributed by atoms with Crippen molar-refractivity contribution in [3.8, 4) is 35.2 Å². The van der Waals surface area contributed by atoms with Gasteiger partial charge in [0.15, 0.2) is 17.4 Å². The lowest BCUT2D eigenvalue weighted by Gasteiger charge is -2.41. The van der Waals surface area contributed by atoms with E-state index in [1.54, 1.807) is 12.1 Å². The molecule has 5 heterocycles. The molecule has 0 saturated carbocycles. The summed E-state index contributed by atoms with van der Waals surface area (Å²) in [7, 11) is 0. The highest BCUT2D eigenvalue weighted by atomic mass is 19.1. The molecule has 7 nitrogen and oxygen atoms in total. The molecule has 0 bridgehead atoms. The van der Waals surface area contributed by atoms with Crippen LogP contribution in [0.2, 0.25) is 0 Å². The van der Waals surface area contributed by atoms with Crippen LogP contribution in [0.1, 0.15) is 38.2 Å². The molecule has 4 aromatic rings. The predicted octanol–water partition coefficient (Wildman–Crippen LogP) is 5.75. The van der Waals surface area contributed by atoms with Crippen LogP contribution in [0.15, 0.2) is 30.3 Å². The molecule has 0 radical (unpaired) electrons. The van der Waals surface area contributed by atoms with E-state index in [0.717, 1.165) is 25.8 Å². The van der Waals surface area contributed by atoms with Crippen molar-refractivity contribution in [3.63, 3.8) is 0 Å². The van der Waals surface area contributed by atoms with Gasteiger partial charge < -0.3 is 19.7 Å². The smallest absolute Gasteiger partial charge is 0.319 e. The first-order valence-corrected chi connectivity index (χ1v) is 15.9. The number of hydrogen-bond donors (Lipinski definition) is 1. The SMILES string of the molecule is C#Cc1c(F)ccc2cccc(-c3c(F)c4c5c(nc(OC[C@@]67CCCN6C[C@H](F)C7)nc5c3F)N3CCN[C@@H](CC)[C@H]3CO4)c12. The molecule has 3 saturated heterocycles. The Morgan fingerprint density at radius 2 is 2.00 bits per heavy atom. The van der Waals surface area contributed by atoms with Crippen molar-refractivity contribution in [3.05, 3.63) is 53.3 Å². The molecular weight excluding hydrogens is 598 g/mol. The van der Waals surface area contributed by atoms with Gasteiger partial charge in [-0.3, -0.25) is 4.90 Å². The lowest BCUT2D eigenvalue weighted by molar-refractivity contribution is 0.107. The molecule has 1 aromatic heterocycles. The molecule has 0 aliphatic carbocycles.